The van der Waals surface area contributed by atoms with E-state index in [0.717, 1.165) is 17.7 Å². The standard InChI is InChI=1S/C13H11BrFNO/c1-8-5-10(7-17)9(2)16(8)11-3-4-12(14)13(15)6-11/h3-7H,1-2H3. The monoisotopic (exact) mass is 295 g/mol. The summed E-state index contributed by atoms with van der Waals surface area (Å²) in [6.45, 7) is 3.73. The third kappa shape index (κ3) is 2.05. The van der Waals surface area contributed by atoms with Crippen molar-refractivity contribution < 1.29 is 9.18 Å². The fourth-order valence-corrected chi connectivity index (χ4v) is 2.18. The molecule has 1 heterocycles. The number of carbonyl (C=O) groups is 1. The van der Waals surface area contributed by atoms with Crippen molar-refractivity contribution in [3.63, 3.8) is 0 Å². The van der Waals surface area contributed by atoms with Crippen LogP contribution in [0.15, 0.2) is 28.7 Å². The molecule has 0 aliphatic rings. The predicted molar refractivity (Wildman–Crippen MR) is 68.3 cm³/mol. The maximum atomic E-state index is 13.5. The Balaban J connectivity index is 2.63. The minimum absolute atomic E-state index is 0.317. The first-order valence-corrected chi connectivity index (χ1v) is 5.93. The van der Waals surface area contributed by atoms with Crippen LogP contribution in [0.25, 0.3) is 5.69 Å². The second-order valence-corrected chi connectivity index (χ2v) is 4.73. The maximum Gasteiger partial charge on any atom is 0.151 e. The van der Waals surface area contributed by atoms with E-state index >= 15 is 0 Å². The van der Waals surface area contributed by atoms with E-state index in [9.17, 15) is 9.18 Å². The van der Waals surface area contributed by atoms with Crippen LogP contribution in [0, 0.1) is 19.7 Å². The molecule has 0 amide bonds. The van der Waals surface area contributed by atoms with Gasteiger partial charge in [-0.2, -0.15) is 0 Å². The van der Waals surface area contributed by atoms with Gasteiger partial charge in [0.2, 0.25) is 0 Å². The number of aryl methyl sites for hydroxylation is 1. The highest BCUT2D eigenvalue weighted by atomic mass is 79.9. The number of hydrogen-bond acceptors (Lipinski definition) is 1. The molecule has 0 aliphatic heterocycles. The van der Waals surface area contributed by atoms with Crippen LogP contribution >= 0.6 is 15.9 Å². The normalized spacial score (nSPS) is 10.6. The third-order valence-electron chi connectivity index (χ3n) is 2.76. The highest BCUT2D eigenvalue weighted by molar-refractivity contribution is 9.10. The van der Waals surface area contributed by atoms with Gasteiger partial charge in [0.1, 0.15) is 5.82 Å². The van der Waals surface area contributed by atoms with Gasteiger partial charge in [-0.1, -0.05) is 0 Å². The van der Waals surface area contributed by atoms with Gasteiger partial charge in [-0.15, -0.1) is 0 Å². The highest BCUT2D eigenvalue weighted by Crippen LogP contribution is 2.23. The van der Waals surface area contributed by atoms with Gasteiger partial charge in [0.05, 0.1) is 4.47 Å². The number of aromatic nitrogens is 1. The van der Waals surface area contributed by atoms with Gasteiger partial charge < -0.3 is 4.57 Å². The zero-order valence-corrected chi connectivity index (χ0v) is 11.1. The van der Waals surface area contributed by atoms with Gasteiger partial charge in [0.25, 0.3) is 0 Å². The quantitative estimate of drug-likeness (QED) is 0.772. The summed E-state index contributed by atoms with van der Waals surface area (Å²) in [6.07, 6.45) is 0.814. The summed E-state index contributed by atoms with van der Waals surface area (Å²) in [5, 5.41) is 0. The number of nitrogens with zero attached hydrogens (tertiary/aromatic N) is 1. The van der Waals surface area contributed by atoms with E-state index in [1.165, 1.54) is 6.07 Å². The minimum Gasteiger partial charge on any atom is -0.318 e. The fourth-order valence-electron chi connectivity index (χ4n) is 1.93. The van der Waals surface area contributed by atoms with Gasteiger partial charge in [0, 0.05) is 22.6 Å². The van der Waals surface area contributed by atoms with Gasteiger partial charge in [-0.25, -0.2) is 4.39 Å². The average molecular weight is 296 g/mol. The molecular weight excluding hydrogens is 285 g/mol. The lowest BCUT2D eigenvalue weighted by atomic mass is 10.2. The number of carbonyl (C=O) groups excluding carboxylic acids is 1. The van der Waals surface area contributed by atoms with E-state index in [2.05, 4.69) is 15.9 Å². The highest BCUT2D eigenvalue weighted by Gasteiger charge is 2.11. The molecule has 0 spiro atoms. The molecule has 2 rings (SSSR count). The molecule has 0 fully saturated rings. The SMILES string of the molecule is Cc1cc(C=O)c(C)n1-c1ccc(Br)c(F)c1. The summed E-state index contributed by atoms with van der Waals surface area (Å²) in [6, 6.07) is 6.70. The molecule has 4 heteroatoms. The van der Waals surface area contributed by atoms with Crippen molar-refractivity contribution in [3.8, 4) is 5.69 Å². The fraction of sp³-hybridized carbons (Fsp3) is 0.154. The molecule has 0 saturated heterocycles. The second kappa shape index (κ2) is 4.45. The van der Waals surface area contributed by atoms with Crippen molar-refractivity contribution >= 4 is 22.2 Å². The zero-order valence-electron chi connectivity index (χ0n) is 9.50. The first-order chi connectivity index (χ1) is 8.04. The Kier molecular flexibility index (Phi) is 3.15. The van der Waals surface area contributed by atoms with Crippen LogP contribution in [0.1, 0.15) is 21.7 Å². The van der Waals surface area contributed by atoms with E-state index in [1.807, 2.05) is 24.5 Å². The first-order valence-electron chi connectivity index (χ1n) is 5.14. The summed E-state index contributed by atoms with van der Waals surface area (Å²) in [4.78, 5) is 10.9. The van der Waals surface area contributed by atoms with Gasteiger partial charge >= 0.3 is 0 Å². The Labute approximate surface area is 107 Å². The topological polar surface area (TPSA) is 22.0 Å². The average Bonchev–Trinajstić information content (AvgIpc) is 2.58. The lowest BCUT2D eigenvalue weighted by Crippen LogP contribution is -2.00. The van der Waals surface area contributed by atoms with Crippen LogP contribution in [0.3, 0.4) is 0 Å². The van der Waals surface area contributed by atoms with Crippen molar-refractivity contribution in [1.29, 1.82) is 0 Å². The summed E-state index contributed by atoms with van der Waals surface area (Å²) in [5.74, 6) is -0.317. The lowest BCUT2D eigenvalue weighted by molar-refractivity contribution is 0.112. The van der Waals surface area contributed by atoms with Gasteiger partial charge in [0.15, 0.2) is 6.29 Å². The molecule has 88 valence electrons. The van der Waals surface area contributed by atoms with Crippen molar-refractivity contribution in [3.05, 3.63) is 51.5 Å². The Morgan fingerprint density at radius 2 is 2.00 bits per heavy atom. The summed E-state index contributed by atoms with van der Waals surface area (Å²) in [5.41, 5.74) is 3.07. The van der Waals surface area contributed by atoms with Crippen LogP contribution in [-0.4, -0.2) is 10.9 Å². The van der Waals surface area contributed by atoms with E-state index in [-0.39, 0.29) is 5.82 Å². The number of rotatable bonds is 2. The maximum absolute atomic E-state index is 13.5. The Hall–Kier alpha value is -1.42. The Morgan fingerprint density at radius 1 is 1.29 bits per heavy atom. The zero-order chi connectivity index (χ0) is 12.6. The van der Waals surface area contributed by atoms with Gasteiger partial charge in [-0.05, 0) is 54.0 Å². The summed E-state index contributed by atoms with van der Waals surface area (Å²) < 4.78 is 15.8. The third-order valence-corrected chi connectivity index (χ3v) is 3.40. The predicted octanol–water partition coefficient (Wildman–Crippen LogP) is 3.81. The first kappa shape index (κ1) is 12.0. The van der Waals surface area contributed by atoms with Crippen molar-refractivity contribution in [2.24, 2.45) is 0 Å². The van der Waals surface area contributed by atoms with E-state index in [1.54, 1.807) is 12.1 Å². The molecule has 1 aromatic carbocycles. The molecule has 0 radical (unpaired) electrons. The van der Waals surface area contributed by atoms with Crippen molar-refractivity contribution in [2.45, 2.75) is 13.8 Å². The van der Waals surface area contributed by atoms with Crippen LogP contribution in [0.2, 0.25) is 0 Å². The lowest BCUT2D eigenvalue weighted by Gasteiger charge is -2.10. The van der Waals surface area contributed by atoms with Crippen LogP contribution in [0.4, 0.5) is 4.39 Å². The molecule has 2 aromatic rings. The van der Waals surface area contributed by atoms with Crippen LogP contribution < -0.4 is 0 Å². The molecule has 2 nitrogen and oxygen atoms in total. The van der Waals surface area contributed by atoms with E-state index in [4.69, 9.17) is 0 Å². The largest absolute Gasteiger partial charge is 0.318 e. The smallest absolute Gasteiger partial charge is 0.151 e. The number of benzene rings is 1. The molecule has 1 aromatic heterocycles. The molecular formula is C13H11BrFNO. The van der Waals surface area contributed by atoms with Crippen LogP contribution in [-0.2, 0) is 0 Å². The molecule has 0 N–H and O–H groups in total. The molecule has 0 unspecified atom stereocenters. The van der Waals surface area contributed by atoms with E-state index in [0.29, 0.717) is 15.7 Å². The number of hydrogen-bond donors (Lipinski definition) is 0. The number of aldehydes is 1. The molecule has 0 aliphatic carbocycles. The van der Waals surface area contributed by atoms with E-state index < -0.39 is 0 Å². The van der Waals surface area contributed by atoms with Crippen molar-refractivity contribution in [1.82, 2.24) is 4.57 Å². The Morgan fingerprint density at radius 3 is 2.53 bits per heavy atom. The summed E-state index contributed by atoms with van der Waals surface area (Å²) in [7, 11) is 0. The van der Waals surface area contributed by atoms with Crippen molar-refractivity contribution in [2.75, 3.05) is 0 Å². The minimum atomic E-state index is -0.317. The second-order valence-electron chi connectivity index (χ2n) is 3.88. The molecule has 17 heavy (non-hydrogen) atoms. The summed E-state index contributed by atoms with van der Waals surface area (Å²) >= 11 is 3.12. The van der Waals surface area contributed by atoms with Gasteiger partial charge in [-0.3, -0.25) is 4.79 Å². The molecule has 0 saturated carbocycles. The molecule has 0 bridgehead atoms. The number of halogens is 2. The van der Waals surface area contributed by atoms with Crippen LogP contribution in [0.5, 0.6) is 0 Å². The Bertz CT molecular complexity index is 589. The molecule has 0 atom stereocenters.